The molecule has 0 saturated carbocycles. The lowest BCUT2D eigenvalue weighted by Crippen LogP contribution is -2.23. The van der Waals surface area contributed by atoms with Crippen LogP contribution in [0.1, 0.15) is 13.3 Å². The Morgan fingerprint density at radius 1 is 0.536 bits per heavy atom. The van der Waals surface area contributed by atoms with Crippen molar-refractivity contribution in [2.75, 3.05) is 4.90 Å². The van der Waals surface area contributed by atoms with E-state index in [0.29, 0.717) is 5.92 Å². The third kappa shape index (κ3) is 5.46. The maximum atomic E-state index is 6.18. The van der Waals surface area contributed by atoms with Crippen LogP contribution < -0.4 is 14.7 Å². The normalized spacial score (nSPS) is 13.8. The molecule has 1 aliphatic carbocycles. The summed E-state index contributed by atoms with van der Waals surface area (Å²) in [6, 6.07) is 63.7. The largest absolute Gasteiger partial charge is 0.456 e. The van der Waals surface area contributed by atoms with Gasteiger partial charge in [0, 0.05) is 42.3 Å². The fraction of sp³-hybridized carbons (Fsp3) is 0.0566. The Labute approximate surface area is 329 Å². The van der Waals surface area contributed by atoms with Crippen LogP contribution in [0.25, 0.3) is 88.3 Å². The SMILES string of the molecule is CC1C=c2sc3c(-c4ccc(N(c5ccc(-c6ccc7c(ccc8oc9ccccc9c87)c6)cc5)c5ccccc5-c5ccccc5)cc4)cccc3c2=CC1. The minimum Gasteiger partial charge on any atom is -0.456 e. The van der Waals surface area contributed by atoms with Crippen molar-refractivity contribution in [3.05, 3.63) is 186 Å². The van der Waals surface area contributed by atoms with Crippen molar-refractivity contribution in [1.82, 2.24) is 0 Å². The number of fused-ring (bicyclic) bond motifs is 8. The van der Waals surface area contributed by atoms with Gasteiger partial charge in [-0.05, 0) is 105 Å². The number of thiophene rings is 1. The van der Waals surface area contributed by atoms with E-state index in [9.17, 15) is 0 Å². The topological polar surface area (TPSA) is 16.4 Å². The zero-order valence-corrected chi connectivity index (χ0v) is 31.8. The summed E-state index contributed by atoms with van der Waals surface area (Å²) in [7, 11) is 0. The smallest absolute Gasteiger partial charge is 0.136 e. The van der Waals surface area contributed by atoms with Gasteiger partial charge in [0.15, 0.2) is 0 Å². The monoisotopic (exact) mass is 735 g/mol. The van der Waals surface area contributed by atoms with Gasteiger partial charge in [-0.25, -0.2) is 0 Å². The maximum absolute atomic E-state index is 6.18. The average Bonchev–Trinajstić information content (AvgIpc) is 3.83. The molecular weight excluding hydrogens is 699 g/mol. The van der Waals surface area contributed by atoms with Crippen LogP contribution in [0.5, 0.6) is 0 Å². The molecule has 1 atom stereocenters. The number of rotatable bonds is 6. The lowest BCUT2D eigenvalue weighted by molar-refractivity contribution is 0.669. The van der Waals surface area contributed by atoms with E-state index in [1.54, 1.807) is 0 Å². The van der Waals surface area contributed by atoms with Crippen LogP contribution in [0, 0.1) is 5.92 Å². The molecule has 11 rings (SSSR count). The van der Waals surface area contributed by atoms with E-state index < -0.39 is 0 Å². The summed E-state index contributed by atoms with van der Waals surface area (Å²) in [5.74, 6) is 0.583. The highest BCUT2D eigenvalue weighted by Gasteiger charge is 2.19. The number of para-hydroxylation sites is 2. The van der Waals surface area contributed by atoms with Gasteiger partial charge in [-0.2, -0.15) is 0 Å². The fourth-order valence-corrected chi connectivity index (χ4v) is 10.0. The Balaban J connectivity index is 1.00. The second-order valence-corrected chi connectivity index (χ2v) is 16.0. The number of hydrogen-bond donors (Lipinski definition) is 0. The highest BCUT2D eigenvalue weighted by Crippen LogP contribution is 2.43. The van der Waals surface area contributed by atoms with Gasteiger partial charge in [0.05, 0.1) is 5.69 Å². The van der Waals surface area contributed by atoms with Gasteiger partial charge in [-0.3, -0.25) is 0 Å². The van der Waals surface area contributed by atoms with Crippen LogP contribution in [0.2, 0.25) is 0 Å². The molecule has 0 N–H and O–H groups in total. The lowest BCUT2D eigenvalue weighted by Gasteiger charge is -2.28. The molecule has 266 valence electrons. The molecule has 0 radical (unpaired) electrons. The molecule has 3 heteroatoms. The Morgan fingerprint density at radius 2 is 1.21 bits per heavy atom. The van der Waals surface area contributed by atoms with Crippen LogP contribution in [-0.4, -0.2) is 0 Å². The molecule has 2 heterocycles. The Bertz CT molecular complexity index is 3230. The molecule has 0 spiro atoms. The van der Waals surface area contributed by atoms with Crippen LogP contribution in [0.15, 0.2) is 180 Å². The van der Waals surface area contributed by atoms with E-state index in [0.717, 1.165) is 40.0 Å². The standard InChI is InChI=1S/C53H37NOS/c1-34-18-29-45-46-15-9-14-44(53(46)56-51(45)32-34)37-21-27-41(28-22-37)54(48-16-7-5-12-42(48)36-10-3-2-4-11-36)40-25-19-35(20-26-40)38-23-30-43-39(33-38)24-31-50-52(43)47-13-6-8-17-49(47)55-50/h2-17,19-34H,18H2,1H3. The summed E-state index contributed by atoms with van der Waals surface area (Å²) in [6.45, 7) is 2.31. The first-order valence-corrected chi connectivity index (χ1v) is 20.2. The molecule has 2 nitrogen and oxygen atoms in total. The van der Waals surface area contributed by atoms with Crippen molar-refractivity contribution in [3.63, 3.8) is 0 Å². The third-order valence-corrected chi connectivity index (χ3v) is 12.6. The molecule has 0 amide bonds. The van der Waals surface area contributed by atoms with Gasteiger partial charge in [-0.1, -0.05) is 146 Å². The number of anilines is 3. The summed E-state index contributed by atoms with van der Waals surface area (Å²) in [5, 5.41) is 7.51. The molecule has 1 unspecified atom stereocenters. The van der Waals surface area contributed by atoms with E-state index in [1.165, 1.54) is 69.4 Å². The number of furan rings is 1. The molecule has 0 bridgehead atoms. The second kappa shape index (κ2) is 13.3. The van der Waals surface area contributed by atoms with Crippen LogP contribution in [0.4, 0.5) is 17.1 Å². The van der Waals surface area contributed by atoms with Crippen molar-refractivity contribution in [2.24, 2.45) is 5.92 Å². The first-order valence-electron chi connectivity index (χ1n) is 19.4. The molecule has 0 saturated heterocycles. The first-order chi connectivity index (χ1) is 27.7. The predicted molar refractivity (Wildman–Crippen MR) is 240 cm³/mol. The zero-order chi connectivity index (χ0) is 37.2. The van der Waals surface area contributed by atoms with Gasteiger partial charge in [0.2, 0.25) is 0 Å². The zero-order valence-electron chi connectivity index (χ0n) is 30.9. The molecule has 0 aliphatic heterocycles. The summed E-state index contributed by atoms with van der Waals surface area (Å²) in [5.41, 5.74) is 12.5. The van der Waals surface area contributed by atoms with E-state index in [2.05, 4.69) is 188 Å². The van der Waals surface area contributed by atoms with Crippen molar-refractivity contribution < 1.29 is 4.42 Å². The minimum atomic E-state index is 0.583. The molecule has 56 heavy (non-hydrogen) atoms. The van der Waals surface area contributed by atoms with Crippen molar-refractivity contribution in [3.8, 4) is 33.4 Å². The van der Waals surface area contributed by atoms with Crippen molar-refractivity contribution in [2.45, 2.75) is 13.3 Å². The van der Waals surface area contributed by atoms with Crippen molar-refractivity contribution in [1.29, 1.82) is 0 Å². The number of hydrogen-bond acceptors (Lipinski definition) is 3. The van der Waals surface area contributed by atoms with E-state index >= 15 is 0 Å². The van der Waals surface area contributed by atoms with Gasteiger partial charge >= 0.3 is 0 Å². The van der Waals surface area contributed by atoms with Gasteiger partial charge < -0.3 is 9.32 Å². The average molecular weight is 736 g/mol. The molecule has 10 aromatic rings. The molecule has 0 fully saturated rings. The number of benzene rings is 8. The predicted octanol–water partition coefficient (Wildman–Crippen LogP) is 14.0. The highest BCUT2D eigenvalue weighted by molar-refractivity contribution is 7.17. The minimum absolute atomic E-state index is 0.583. The van der Waals surface area contributed by atoms with Crippen LogP contribution in [-0.2, 0) is 0 Å². The van der Waals surface area contributed by atoms with E-state index in [-0.39, 0.29) is 0 Å². The molecule has 2 aromatic heterocycles. The summed E-state index contributed by atoms with van der Waals surface area (Å²) >= 11 is 1.93. The highest BCUT2D eigenvalue weighted by atomic mass is 32.1. The maximum Gasteiger partial charge on any atom is 0.136 e. The van der Waals surface area contributed by atoms with Gasteiger partial charge in [-0.15, -0.1) is 11.3 Å². The summed E-state index contributed by atoms with van der Waals surface area (Å²) in [4.78, 5) is 2.40. The Kier molecular flexibility index (Phi) is 7.75. The third-order valence-electron chi connectivity index (χ3n) is 11.4. The van der Waals surface area contributed by atoms with Crippen molar-refractivity contribution >= 4 is 83.3 Å². The lowest BCUT2D eigenvalue weighted by atomic mass is 9.97. The molecular formula is C53H37NOS. The van der Waals surface area contributed by atoms with Crippen LogP contribution in [0.3, 0.4) is 0 Å². The quantitative estimate of drug-likeness (QED) is 0.169. The summed E-state index contributed by atoms with van der Waals surface area (Å²) < 4.78 is 8.95. The second-order valence-electron chi connectivity index (χ2n) is 14.9. The summed E-state index contributed by atoms with van der Waals surface area (Å²) in [6.07, 6.45) is 5.98. The molecule has 1 aliphatic rings. The van der Waals surface area contributed by atoms with Gasteiger partial charge in [0.1, 0.15) is 11.2 Å². The fourth-order valence-electron chi connectivity index (χ4n) is 8.63. The van der Waals surface area contributed by atoms with Gasteiger partial charge in [0.25, 0.3) is 0 Å². The van der Waals surface area contributed by atoms with Crippen LogP contribution >= 0.6 is 11.3 Å². The Hall–Kier alpha value is -6.68. The molecule has 8 aromatic carbocycles. The Morgan fingerprint density at radius 3 is 2.05 bits per heavy atom. The van der Waals surface area contributed by atoms with E-state index in [1.807, 2.05) is 23.5 Å². The number of nitrogens with zero attached hydrogens (tertiary/aromatic N) is 1. The van der Waals surface area contributed by atoms with E-state index in [4.69, 9.17) is 4.42 Å². The first kappa shape index (κ1) is 32.7.